The van der Waals surface area contributed by atoms with Crippen molar-refractivity contribution >= 4 is 23.3 Å². The molecule has 108 valence electrons. The van der Waals surface area contributed by atoms with Crippen LogP contribution < -0.4 is 15.5 Å². The molecule has 0 bridgehead atoms. The fourth-order valence-electron chi connectivity index (χ4n) is 2.13. The first-order valence-corrected chi connectivity index (χ1v) is 6.77. The second kappa shape index (κ2) is 5.48. The van der Waals surface area contributed by atoms with Crippen molar-refractivity contribution < 1.29 is 9.59 Å². The lowest BCUT2D eigenvalue weighted by molar-refractivity contribution is -0.135. The third kappa shape index (κ3) is 2.74. The predicted octanol–water partition coefficient (Wildman–Crippen LogP) is 1.14. The fraction of sp³-hybridized carbons (Fsp3) is 0.500. The molecule has 0 atom stereocenters. The lowest BCUT2D eigenvalue weighted by atomic mass is 9.98. The Labute approximate surface area is 118 Å². The minimum atomic E-state index is -0.767. The third-order valence-corrected chi connectivity index (χ3v) is 3.40. The van der Waals surface area contributed by atoms with Crippen molar-refractivity contribution in [2.45, 2.75) is 32.7 Å². The summed E-state index contributed by atoms with van der Waals surface area (Å²) in [4.78, 5) is 29.6. The van der Waals surface area contributed by atoms with E-state index in [0.29, 0.717) is 0 Å². The van der Waals surface area contributed by atoms with Crippen molar-refractivity contribution in [3.8, 4) is 0 Å². The highest BCUT2D eigenvalue weighted by molar-refractivity contribution is 6.06. The van der Waals surface area contributed by atoms with E-state index in [1.807, 2.05) is 12.1 Å². The summed E-state index contributed by atoms with van der Waals surface area (Å²) in [5, 5.41) is 5.57. The van der Waals surface area contributed by atoms with E-state index < -0.39 is 5.54 Å². The average molecular weight is 276 g/mol. The molecule has 0 unspecified atom stereocenters. The van der Waals surface area contributed by atoms with Gasteiger partial charge in [-0.15, -0.1) is 0 Å². The molecular weight excluding hydrogens is 256 g/mol. The van der Waals surface area contributed by atoms with Gasteiger partial charge < -0.3 is 10.2 Å². The maximum absolute atomic E-state index is 12.0. The summed E-state index contributed by atoms with van der Waals surface area (Å²) in [5.41, 5.74) is 0.0453. The predicted molar refractivity (Wildman–Crippen MR) is 77.6 cm³/mol. The molecule has 1 saturated heterocycles. The summed E-state index contributed by atoms with van der Waals surface area (Å²) in [6.07, 6.45) is 2.68. The first-order valence-electron chi connectivity index (χ1n) is 6.77. The summed E-state index contributed by atoms with van der Waals surface area (Å²) in [6.45, 7) is 6.67. The number of hydrogen-bond acceptors (Lipinski definition) is 5. The van der Waals surface area contributed by atoms with E-state index in [2.05, 4.69) is 22.5 Å². The van der Waals surface area contributed by atoms with Crippen LogP contribution in [0.1, 0.15) is 27.2 Å². The van der Waals surface area contributed by atoms with E-state index in [0.717, 1.165) is 24.5 Å². The number of piperazine rings is 1. The van der Waals surface area contributed by atoms with Gasteiger partial charge in [-0.3, -0.25) is 14.9 Å². The summed E-state index contributed by atoms with van der Waals surface area (Å²) < 4.78 is 0. The minimum Gasteiger partial charge on any atom is -0.370 e. The normalized spacial score (nSPS) is 17.9. The number of carbonyl (C=O) groups excluding carboxylic acids is 2. The van der Waals surface area contributed by atoms with Crippen molar-refractivity contribution in [2.24, 2.45) is 0 Å². The van der Waals surface area contributed by atoms with E-state index in [1.165, 1.54) is 0 Å². The number of imide groups is 1. The van der Waals surface area contributed by atoms with E-state index in [1.54, 1.807) is 24.9 Å². The van der Waals surface area contributed by atoms with Gasteiger partial charge in [-0.25, -0.2) is 4.98 Å². The van der Waals surface area contributed by atoms with Crippen molar-refractivity contribution in [3.05, 3.63) is 18.3 Å². The molecule has 1 aromatic rings. The first-order chi connectivity index (χ1) is 9.45. The fourth-order valence-corrected chi connectivity index (χ4v) is 2.13. The Morgan fingerprint density at radius 1 is 1.45 bits per heavy atom. The van der Waals surface area contributed by atoms with Crippen LogP contribution in [-0.2, 0) is 9.59 Å². The standard InChI is InChI=1S/C14H20N4O2/c1-4-6-15-11-8-10(5-7-16-11)18-9-12(19)17-13(20)14(18,2)3/h5,7-8H,4,6,9H2,1-3H3,(H,15,16)(H,17,19,20). The van der Waals surface area contributed by atoms with Crippen molar-refractivity contribution in [1.82, 2.24) is 10.3 Å². The molecule has 0 aliphatic carbocycles. The number of pyridine rings is 1. The molecule has 20 heavy (non-hydrogen) atoms. The van der Waals surface area contributed by atoms with Crippen LogP contribution in [0.2, 0.25) is 0 Å². The Balaban J connectivity index is 2.29. The summed E-state index contributed by atoms with van der Waals surface area (Å²) in [6, 6.07) is 3.67. The number of nitrogens with one attached hydrogen (secondary N) is 2. The lowest BCUT2D eigenvalue weighted by Gasteiger charge is -2.41. The number of amides is 2. The second-order valence-electron chi connectivity index (χ2n) is 5.35. The van der Waals surface area contributed by atoms with Gasteiger partial charge in [-0.1, -0.05) is 6.92 Å². The molecule has 2 amide bonds. The van der Waals surface area contributed by atoms with Gasteiger partial charge >= 0.3 is 0 Å². The van der Waals surface area contributed by atoms with Crippen LogP contribution in [-0.4, -0.2) is 35.4 Å². The SMILES string of the molecule is CCCNc1cc(N2CC(=O)NC(=O)C2(C)C)ccn1. The number of nitrogens with zero attached hydrogens (tertiary/aromatic N) is 2. The van der Waals surface area contributed by atoms with Gasteiger partial charge in [-0.05, 0) is 26.3 Å². The molecule has 1 aliphatic heterocycles. The molecule has 0 spiro atoms. The Hall–Kier alpha value is -2.11. The van der Waals surface area contributed by atoms with Crippen LogP contribution in [0.25, 0.3) is 0 Å². The van der Waals surface area contributed by atoms with E-state index in [9.17, 15) is 9.59 Å². The van der Waals surface area contributed by atoms with Crippen LogP contribution in [0.5, 0.6) is 0 Å². The summed E-state index contributed by atoms with van der Waals surface area (Å²) in [7, 11) is 0. The quantitative estimate of drug-likeness (QED) is 0.807. The van der Waals surface area contributed by atoms with E-state index in [-0.39, 0.29) is 18.4 Å². The van der Waals surface area contributed by atoms with Crippen LogP contribution in [0.15, 0.2) is 18.3 Å². The van der Waals surface area contributed by atoms with Crippen molar-refractivity contribution in [1.29, 1.82) is 0 Å². The lowest BCUT2D eigenvalue weighted by Crippen LogP contribution is -2.64. The van der Waals surface area contributed by atoms with Gasteiger partial charge in [-0.2, -0.15) is 0 Å². The zero-order chi connectivity index (χ0) is 14.8. The molecule has 1 fully saturated rings. The highest BCUT2D eigenvalue weighted by Gasteiger charge is 2.41. The Kier molecular flexibility index (Phi) is 3.92. The smallest absolute Gasteiger partial charge is 0.251 e. The first kappa shape index (κ1) is 14.3. The topological polar surface area (TPSA) is 74.3 Å². The second-order valence-corrected chi connectivity index (χ2v) is 5.35. The molecule has 1 aromatic heterocycles. The van der Waals surface area contributed by atoms with Gasteiger partial charge in [0.2, 0.25) is 5.91 Å². The molecule has 6 nitrogen and oxygen atoms in total. The molecule has 0 aromatic carbocycles. The monoisotopic (exact) mass is 276 g/mol. The molecule has 0 saturated carbocycles. The molecule has 2 heterocycles. The number of anilines is 2. The number of aromatic nitrogens is 1. The van der Waals surface area contributed by atoms with Gasteiger partial charge in [0.1, 0.15) is 11.4 Å². The van der Waals surface area contributed by atoms with Gasteiger partial charge in [0.05, 0.1) is 6.54 Å². The zero-order valence-corrected chi connectivity index (χ0v) is 12.1. The maximum Gasteiger partial charge on any atom is 0.251 e. The van der Waals surface area contributed by atoms with E-state index in [4.69, 9.17) is 0 Å². The van der Waals surface area contributed by atoms with Crippen LogP contribution in [0.4, 0.5) is 11.5 Å². The largest absolute Gasteiger partial charge is 0.370 e. The average Bonchev–Trinajstić information content (AvgIpc) is 2.41. The van der Waals surface area contributed by atoms with Crippen molar-refractivity contribution in [3.63, 3.8) is 0 Å². The Morgan fingerprint density at radius 2 is 2.20 bits per heavy atom. The highest BCUT2D eigenvalue weighted by Crippen LogP contribution is 2.27. The Bertz CT molecular complexity index is 528. The molecule has 0 radical (unpaired) electrons. The van der Waals surface area contributed by atoms with E-state index >= 15 is 0 Å². The molecule has 2 N–H and O–H groups in total. The van der Waals surface area contributed by atoms with Gasteiger partial charge in [0.15, 0.2) is 0 Å². The zero-order valence-electron chi connectivity index (χ0n) is 12.1. The molecular formula is C14H20N4O2. The number of carbonyl (C=O) groups is 2. The molecule has 2 rings (SSSR count). The minimum absolute atomic E-state index is 0.163. The third-order valence-electron chi connectivity index (χ3n) is 3.40. The number of rotatable bonds is 4. The summed E-state index contributed by atoms with van der Waals surface area (Å²) >= 11 is 0. The molecule has 1 aliphatic rings. The van der Waals surface area contributed by atoms with Crippen LogP contribution in [0, 0.1) is 0 Å². The molecule has 6 heteroatoms. The van der Waals surface area contributed by atoms with Gasteiger partial charge in [0, 0.05) is 24.5 Å². The van der Waals surface area contributed by atoms with Crippen LogP contribution >= 0.6 is 0 Å². The van der Waals surface area contributed by atoms with Crippen molar-refractivity contribution in [2.75, 3.05) is 23.3 Å². The number of hydrogen-bond donors (Lipinski definition) is 2. The summed E-state index contributed by atoms with van der Waals surface area (Å²) in [5.74, 6) is 0.182. The maximum atomic E-state index is 12.0. The Morgan fingerprint density at radius 3 is 2.90 bits per heavy atom. The van der Waals surface area contributed by atoms with Crippen LogP contribution in [0.3, 0.4) is 0 Å². The van der Waals surface area contributed by atoms with Gasteiger partial charge in [0.25, 0.3) is 5.91 Å². The highest BCUT2D eigenvalue weighted by atomic mass is 16.2.